The number of rotatable bonds is 7. The molecule has 1 aromatic carbocycles. The number of isocyanates is 1. The fourth-order valence-electron chi connectivity index (χ4n) is 4.45. The quantitative estimate of drug-likeness (QED) is 0.493. The summed E-state index contributed by atoms with van der Waals surface area (Å²) < 4.78 is 5.10. The number of nitrogens with one attached hydrogen (secondary N) is 2. The molecule has 1 fully saturated rings. The number of benzene rings is 1. The Morgan fingerprint density at radius 1 is 1.32 bits per heavy atom. The molecule has 7 nitrogen and oxygen atoms in total. The molecule has 1 aliphatic carbocycles. The average Bonchev–Trinajstić information content (AvgIpc) is 2.63. The number of hydrogen-bond donors (Lipinski definition) is 3. The smallest absolute Gasteiger partial charge is 0.315 e. The van der Waals surface area contributed by atoms with Crippen LogP contribution in [-0.2, 0) is 4.79 Å². The van der Waals surface area contributed by atoms with Gasteiger partial charge in [-0.1, -0.05) is 32.9 Å². The van der Waals surface area contributed by atoms with Crippen molar-refractivity contribution in [2.24, 2.45) is 15.8 Å². The molecule has 0 aliphatic heterocycles. The zero-order valence-electron chi connectivity index (χ0n) is 17.1. The lowest BCUT2D eigenvalue weighted by Crippen LogP contribution is -2.50. The molecule has 0 radical (unpaired) electrons. The van der Waals surface area contributed by atoms with Crippen LogP contribution < -0.4 is 15.4 Å². The van der Waals surface area contributed by atoms with Crippen LogP contribution >= 0.6 is 0 Å². The van der Waals surface area contributed by atoms with Crippen LogP contribution in [0.2, 0.25) is 0 Å². The minimum Gasteiger partial charge on any atom is -0.497 e. The highest BCUT2D eigenvalue weighted by atomic mass is 16.5. The summed E-state index contributed by atoms with van der Waals surface area (Å²) in [6, 6.07) is 6.75. The molecule has 0 aromatic heterocycles. The van der Waals surface area contributed by atoms with Crippen molar-refractivity contribution in [3.63, 3.8) is 0 Å². The van der Waals surface area contributed by atoms with Gasteiger partial charge >= 0.3 is 6.03 Å². The third kappa shape index (κ3) is 6.36. The van der Waals surface area contributed by atoms with Crippen molar-refractivity contribution in [3.8, 4) is 5.75 Å². The highest BCUT2D eigenvalue weighted by Gasteiger charge is 2.41. The van der Waals surface area contributed by atoms with Crippen molar-refractivity contribution in [2.75, 3.05) is 20.2 Å². The molecule has 2 rings (SSSR count). The molecule has 2 amide bonds. The number of ether oxygens (including phenoxy) is 1. The van der Waals surface area contributed by atoms with Crippen molar-refractivity contribution in [1.82, 2.24) is 10.6 Å². The maximum Gasteiger partial charge on any atom is 0.315 e. The van der Waals surface area contributed by atoms with E-state index in [0.717, 1.165) is 19.3 Å². The molecule has 1 aliphatic rings. The number of aliphatic imine (C=N–C) groups is 1. The minimum atomic E-state index is -0.799. The van der Waals surface area contributed by atoms with Gasteiger partial charge in [0.2, 0.25) is 6.08 Å². The van der Waals surface area contributed by atoms with Crippen LogP contribution in [0.15, 0.2) is 29.3 Å². The predicted octanol–water partition coefficient (Wildman–Crippen LogP) is 2.95. The van der Waals surface area contributed by atoms with Gasteiger partial charge in [-0.15, -0.1) is 0 Å². The third-order valence-electron chi connectivity index (χ3n) is 5.26. The maximum absolute atomic E-state index is 12.3. The Morgan fingerprint density at radius 2 is 2.00 bits per heavy atom. The Kier molecular flexibility index (Phi) is 7.22. The number of carbonyl (C=O) groups excluding carboxylic acids is 2. The lowest BCUT2D eigenvalue weighted by Gasteiger charge is -2.46. The number of urea groups is 1. The number of aliphatic hydroxyl groups excluding tert-OH is 1. The zero-order valence-corrected chi connectivity index (χ0v) is 17.1. The summed E-state index contributed by atoms with van der Waals surface area (Å²) in [7, 11) is 1.58. The number of hydrogen-bond acceptors (Lipinski definition) is 5. The van der Waals surface area contributed by atoms with Crippen molar-refractivity contribution in [2.45, 2.75) is 52.2 Å². The van der Waals surface area contributed by atoms with Gasteiger partial charge in [-0.25, -0.2) is 14.6 Å². The molecule has 3 unspecified atom stereocenters. The summed E-state index contributed by atoms with van der Waals surface area (Å²) in [5, 5.41) is 16.0. The lowest BCUT2D eigenvalue weighted by atomic mass is 9.62. The van der Waals surface area contributed by atoms with E-state index in [-0.39, 0.29) is 29.4 Å². The second-order valence-corrected chi connectivity index (χ2v) is 8.81. The fraction of sp³-hybridized carbons (Fsp3) is 0.619. The van der Waals surface area contributed by atoms with Gasteiger partial charge < -0.3 is 20.5 Å². The van der Waals surface area contributed by atoms with Crippen LogP contribution in [0.1, 0.15) is 51.7 Å². The first-order valence-corrected chi connectivity index (χ1v) is 9.56. The molecule has 0 bridgehead atoms. The van der Waals surface area contributed by atoms with Gasteiger partial charge in [0.15, 0.2) is 0 Å². The Bertz CT molecular complexity index is 713. The Morgan fingerprint density at radius 3 is 2.61 bits per heavy atom. The SMILES string of the molecule is COc1ccc(C(O)CNC(=O)NC2CC(C)(C)CC(C)(CN=C=O)C2)cc1. The van der Waals surface area contributed by atoms with Crippen LogP contribution in [-0.4, -0.2) is 43.5 Å². The number of aliphatic hydroxyl groups is 1. The molecule has 3 N–H and O–H groups in total. The van der Waals surface area contributed by atoms with Crippen molar-refractivity contribution >= 4 is 12.1 Å². The first-order chi connectivity index (χ1) is 13.2. The van der Waals surface area contributed by atoms with Crippen LogP contribution in [0.5, 0.6) is 5.75 Å². The van der Waals surface area contributed by atoms with E-state index in [2.05, 4.69) is 36.4 Å². The molecular formula is C21H31N3O4. The van der Waals surface area contributed by atoms with Gasteiger partial charge in [0.1, 0.15) is 5.75 Å². The number of carbonyl (C=O) groups is 1. The van der Waals surface area contributed by atoms with E-state index < -0.39 is 6.10 Å². The van der Waals surface area contributed by atoms with Gasteiger partial charge in [0.25, 0.3) is 0 Å². The van der Waals surface area contributed by atoms with Gasteiger partial charge in [-0.05, 0) is 47.8 Å². The van der Waals surface area contributed by atoms with Crippen LogP contribution in [0.25, 0.3) is 0 Å². The molecule has 154 valence electrons. The average molecular weight is 389 g/mol. The molecule has 7 heteroatoms. The first kappa shape index (κ1) is 21.9. The Hall–Kier alpha value is -2.37. The fourth-order valence-corrected chi connectivity index (χ4v) is 4.45. The Balaban J connectivity index is 1.89. The third-order valence-corrected chi connectivity index (χ3v) is 5.26. The lowest BCUT2D eigenvalue weighted by molar-refractivity contribution is 0.0803. The highest BCUT2D eigenvalue weighted by Crippen LogP contribution is 2.46. The first-order valence-electron chi connectivity index (χ1n) is 9.56. The molecule has 0 heterocycles. The number of nitrogens with zero attached hydrogens (tertiary/aromatic N) is 1. The minimum absolute atomic E-state index is 0.0197. The summed E-state index contributed by atoms with van der Waals surface area (Å²) in [5.74, 6) is 0.712. The molecular weight excluding hydrogens is 358 g/mol. The summed E-state index contributed by atoms with van der Waals surface area (Å²) in [5.41, 5.74) is 0.588. The maximum atomic E-state index is 12.3. The van der Waals surface area contributed by atoms with Crippen molar-refractivity contribution in [1.29, 1.82) is 0 Å². The van der Waals surface area contributed by atoms with E-state index in [1.807, 2.05) is 0 Å². The van der Waals surface area contributed by atoms with Gasteiger partial charge in [-0.3, -0.25) is 0 Å². The van der Waals surface area contributed by atoms with Crippen LogP contribution in [0.4, 0.5) is 4.79 Å². The summed E-state index contributed by atoms with van der Waals surface area (Å²) in [6.07, 6.45) is 3.35. The molecule has 0 spiro atoms. The second kappa shape index (κ2) is 9.22. The van der Waals surface area contributed by atoms with Crippen LogP contribution in [0.3, 0.4) is 0 Å². The summed E-state index contributed by atoms with van der Waals surface area (Å²) >= 11 is 0. The normalized spacial score (nSPS) is 24.5. The van der Waals surface area contributed by atoms with E-state index in [0.29, 0.717) is 17.9 Å². The summed E-state index contributed by atoms with van der Waals surface area (Å²) in [6.45, 7) is 6.94. The van der Waals surface area contributed by atoms with Crippen molar-refractivity contribution < 1.29 is 19.4 Å². The number of methoxy groups -OCH3 is 1. The molecule has 3 atom stereocenters. The van der Waals surface area contributed by atoms with Gasteiger partial charge in [-0.2, -0.15) is 0 Å². The van der Waals surface area contributed by atoms with E-state index in [1.165, 1.54) is 0 Å². The monoisotopic (exact) mass is 389 g/mol. The predicted molar refractivity (Wildman–Crippen MR) is 107 cm³/mol. The Labute approximate surface area is 166 Å². The molecule has 1 saturated carbocycles. The van der Waals surface area contributed by atoms with Crippen molar-refractivity contribution in [3.05, 3.63) is 29.8 Å². The van der Waals surface area contributed by atoms with Crippen LogP contribution in [0, 0.1) is 10.8 Å². The zero-order chi connectivity index (χ0) is 20.8. The second-order valence-electron chi connectivity index (χ2n) is 8.81. The van der Waals surface area contributed by atoms with E-state index in [1.54, 1.807) is 37.5 Å². The molecule has 1 aromatic rings. The van der Waals surface area contributed by atoms with Gasteiger partial charge in [0.05, 0.1) is 19.8 Å². The standard InChI is InChI=1S/C21H31N3O4/c1-20(2)9-16(10-21(3,12-20)13-22-14-25)24-19(27)23-11-18(26)15-5-7-17(28-4)8-6-15/h5-8,16,18,26H,9-13H2,1-4H3,(H2,23,24,27). The topological polar surface area (TPSA) is 100 Å². The molecule has 0 saturated heterocycles. The van der Waals surface area contributed by atoms with Gasteiger partial charge in [0, 0.05) is 12.6 Å². The van der Waals surface area contributed by atoms with E-state index in [9.17, 15) is 14.7 Å². The van der Waals surface area contributed by atoms with E-state index >= 15 is 0 Å². The highest BCUT2D eigenvalue weighted by molar-refractivity contribution is 5.74. The largest absolute Gasteiger partial charge is 0.497 e. The summed E-state index contributed by atoms with van der Waals surface area (Å²) in [4.78, 5) is 26.6. The number of amides is 2. The van der Waals surface area contributed by atoms with E-state index in [4.69, 9.17) is 4.74 Å². The molecule has 28 heavy (non-hydrogen) atoms.